The van der Waals surface area contributed by atoms with E-state index in [2.05, 4.69) is 74.6 Å². The van der Waals surface area contributed by atoms with Crippen molar-refractivity contribution in [1.29, 1.82) is 0 Å². The molecular formula is C57H100O10. The summed E-state index contributed by atoms with van der Waals surface area (Å²) in [6.07, 6.45) is 52.3. The molecule has 1 aliphatic heterocycles. The summed E-state index contributed by atoms with van der Waals surface area (Å²) in [5.41, 5.74) is 0. The van der Waals surface area contributed by atoms with E-state index in [-0.39, 0.29) is 32.0 Å². The Bertz CT molecular complexity index is 1280. The Balaban J connectivity index is 2.23. The van der Waals surface area contributed by atoms with E-state index in [1.54, 1.807) is 0 Å². The molecule has 10 nitrogen and oxygen atoms in total. The first-order valence-electron chi connectivity index (χ1n) is 27.4. The van der Waals surface area contributed by atoms with Crippen molar-refractivity contribution in [2.24, 2.45) is 0 Å². The van der Waals surface area contributed by atoms with Gasteiger partial charge >= 0.3 is 11.9 Å². The summed E-state index contributed by atoms with van der Waals surface area (Å²) in [4.78, 5) is 25.5. The van der Waals surface area contributed by atoms with Crippen LogP contribution >= 0.6 is 0 Å². The molecule has 1 heterocycles. The number of hydrogen-bond donors (Lipinski definition) is 4. The maximum Gasteiger partial charge on any atom is 0.306 e. The standard InChI is InChI=1S/C57H100O10/c1-3-5-7-9-11-13-15-17-19-21-23-24-25-26-28-29-31-33-35-37-39-41-43-45-52(59)64-48-50(49-65-57-56(63)55(62)54(61)51(47-58)67-57)66-53(60)46-44-42-40-38-36-34-32-30-27-22-20-18-16-14-12-10-8-6-4-2/h6,8,12,14,18,20-21,23,27,30,50-51,54-58,61-63H,3-5,7,9-11,13,15-17,19,22,24-26,28-29,31-49H2,1-2H3/b8-6-,14-12-,20-18-,23-21-,30-27-. The lowest BCUT2D eigenvalue weighted by molar-refractivity contribution is -0.305. The summed E-state index contributed by atoms with van der Waals surface area (Å²) in [5.74, 6) is -0.820. The predicted molar refractivity (Wildman–Crippen MR) is 275 cm³/mol. The Morgan fingerprint density at radius 1 is 0.478 bits per heavy atom. The highest BCUT2D eigenvalue weighted by Gasteiger charge is 2.44. The van der Waals surface area contributed by atoms with E-state index in [4.69, 9.17) is 18.9 Å². The fourth-order valence-corrected chi connectivity index (χ4v) is 8.12. The Morgan fingerprint density at radius 2 is 0.881 bits per heavy atom. The molecule has 0 amide bonds. The number of allylic oxidation sites excluding steroid dienone is 10. The lowest BCUT2D eigenvalue weighted by atomic mass is 9.99. The van der Waals surface area contributed by atoms with Gasteiger partial charge in [-0.15, -0.1) is 0 Å². The topological polar surface area (TPSA) is 152 Å². The van der Waals surface area contributed by atoms with Gasteiger partial charge in [-0.25, -0.2) is 0 Å². The molecule has 0 saturated carbocycles. The molecule has 67 heavy (non-hydrogen) atoms. The second kappa shape index (κ2) is 47.1. The minimum atomic E-state index is -1.60. The van der Waals surface area contributed by atoms with Crippen LogP contribution < -0.4 is 0 Å². The van der Waals surface area contributed by atoms with Crippen molar-refractivity contribution < 1.29 is 49.0 Å². The predicted octanol–water partition coefficient (Wildman–Crippen LogP) is 13.3. The van der Waals surface area contributed by atoms with E-state index in [9.17, 15) is 30.0 Å². The van der Waals surface area contributed by atoms with Gasteiger partial charge in [-0.1, -0.05) is 203 Å². The Hall–Kier alpha value is -2.60. The highest BCUT2D eigenvalue weighted by molar-refractivity contribution is 5.70. The number of carbonyl (C=O) groups is 2. The molecule has 4 N–H and O–H groups in total. The molecule has 6 unspecified atom stereocenters. The highest BCUT2D eigenvalue weighted by Crippen LogP contribution is 2.23. The van der Waals surface area contributed by atoms with Crippen molar-refractivity contribution in [3.63, 3.8) is 0 Å². The molecule has 1 aliphatic rings. The van der Waals surface area contributed by atoms with Crippen LogP contribution in [0, 0.1) is 0 Å². The molecule has 6 atom stereocenters. The van der Waals surface area contributed by atoms with E-state index in [1.807, 2.05) is 0 Å². The van der Waals surface area contributed by atoms with Gasteiger partial charge < -0.3 is 39.4 Å². The summed E-state index contributed by atoms with van der Waals surface area (Å²) >= 11 is 0. The van der Waals surface area contributed by atoms with E-state index in [1.165, 1.54) is 116 Å². The minimum Gasteiger partial charge on any atom is -0.462 e. The maximum absolute atomic E-state index is 12.8. The van der Waals surface area contributed by atoms with Crippen LogP contribution in [0.4, 0.5) is 0 Å². The normalized spacial score (nSPS) is 19.5. The third-order valence-corrected chi connectivity index (χ3v) is 12.4. The average molecular weight is 945 g/mol. The smallest absolute Gasteiger partial charge is 0.306 e. The zero-order valence-corrected chi connectivity index (χ0v) is 42.6. The Labute approximate surface area is 409 Å². The second-order valence-electron chi connectivity index (χ2n) is 18.6. The van der Waals surface area contributed by atoms with Crippen LogP contribution in [0.15, 0.2) is 60.8 Å². The number of esters is 2. The van der Waals surface area contributed by atoms with Gasteiger partial charge in [0, 0.05) is 12.8 Å². The first kappa shape index (κ1) is 62.4. The van der Waals surface area contributed by atoms with Gasteiger partial charge in [0.15, 0.2) is 12.4 Å². The van der Waals surface area contributed by atoms with Gasteiger partial charge in [0.25, 0.3) is 0 Å². The molecule has 10 heteroatoms. The number of ether oxygens (including phenoxy) is 4. The molecular weight excluding hydrogens is 845 g/mol. The van der Waals surface area contributed by atoms with Gasteiger partial charge in [0.2, 0.25) is 0 Å². The minimum absolute atomic E-state index is 0.212. The van der Waals surface area contributed by atoms with E-state index >= 15 is 0 Å². The van der Waals surface area contributed by atoms with Gasteiger partial charge in [0.05, 0.1) is 13.2 Å². The first-order valence-corrected chi connectivity index (χ1v) is 27.4. The number of carbonyl (C=O) groups excluding carboxylic acids is 2. The van der Waals surface area contributed by atoms with Crippen LogP contribution in [0.25, 0.3) is 0 Å². The molecule has 0 radical (unpaired) electrons. The van der Waals surface area contributed by atoms with Crippen molar-refractivity contribution in [3.05, 3.63) is 60.8 Å². The van der Waals surface area contributed by atoms with Crippen molar-refractivity contribution >= 4 is 11.9 Å². The Kier molecular flexibility index (Phi) is 43.9. The lowest BCUT2D eigenvalue weighted by Crippen LogP contribution is -2.59. The number of unbranched alkanes of at least 4 members (excludes halogenated alkanes) is 25. The van der Waals surface area contributed by atoms with E-state index in [0.717, 1.165) is 83.5 Å². The van der Waals surface area contributed by atoms with Crippen LogP contribution in [0.2, 0.25) is 0 Å². The molecule has 0 aromatic carbocycles. The summed E-state index contributed by atoms with van der Waals surface area (Å²) in [6.45, 7) is 3.32. The molecule has 0 spiro atoms. The van der Waals surface area contributed by atoms with Gasteiger partial charge in [-0.05, 0) is 77.0 Å². The van der Waals surface area contributed by atoms with Crippen LogP contribution in [-0.4, -0.2) is 89.0 Å². The van der Waals surface area contributed by atoms with Crippen molar-refractivity contribution in [2.75, 3.05) is 19.8 Å². The van der Waals surface area contributed by atoms with Crippen molar-refractivity contribution in [1.82, 2.24) is 0 Å². The quantitative estimate of drug-likeness (QED) is 0.0264. The third-order valence-electron chi connectivity index (χ3n) is 12.4. The lowest BCUT2D eigenvalue weighted by Gasteiger charge is -2.39. The maximum atomic E-state index is 12.8. The van der Waals surface area contributed by atoms with E-state index < -0.39 is 49.4 Å². The first-order chi connectivity index (χ1) is 32.8. The summed E-state index contributed by atoms with van der Waals surface area (Å²) in [7, 11) is 0. The highest BCUT2D eigenvalue weighted by atomic mass is 16.7. The number of aliphatic hydroxyl groups is 4. The zero-order valence-electron chi connectivity index (χ0n) is 42.6. The summed E-state index contributed by atoms with van der Waals surface area (Å²) in [6, 6.07) is 0. The SMILES string of the molecule is CC/C=C\C/C=C\C/C=C\C/C=C\CCCCCCCCC(=O)OC(COC(=O)CCCCCCCCCCCCC/C=C\CCCCCCCCCC)COC1OC(CO)C(O)C(O)C1O. The molecule has 1 saturated heterocycles. The largest absolute Gasteiger partial charge is 0.462 e. The summed E-state index contributed by atoms with van der Waals surface area (Å²) in [5, 5.41) is 40.3. The van der Waals surface area contributed by atoms with Crippen LogP contribution in [-0.2, 0) is 28.5 Å². The molecule has 0 aromatic rings. The van der Waals surface area contributed by atoms with Crippen molar-refractivity contribution in [3.8, 4) is 0 Å². The summed E-state index contributed by atoms with van der Waals surface area (Å²) < 4.78 is 22.3. The van der Waals surface area contributed by atoms with E-state index in [0.29, 0.717) is 6.42 Å². The molecule has 1 fully saturated rings. The average Bonchev–Trinajstić information content (AvgIpc) is 3.33. The Morgan fingerprint density at radius 3 is 1.34 bits per heavy atom. The van der Waals surface area contributed by atoms with Crippen LogP contribution in [0.1, 0.15) is 232 Å². The molecule has 1 rings (SSSR count). The number of hydrogen-bond acceptors (Lipinski definition) is 10. The van der Waals surface area contributed by atoms with Gasteiger partial charge in [-0.3, -0.25) is 9.59 Å². The van der Waals surface area contributed by atoms with Crippen molar-refractivity contribution in [2.45, 2.75) is 269 Å². The fraction of sp³-hybridized carbons (Fsp3) is 0.789. The molecule has 0 aromatic heterocycles. The van der Waals surface area contributed by atoms with Gasteiger partial charge in [-0.2, -0.15) is 0 Å². The fourth-order valence-electron chi connectivity index (χ4n) is 8.12. The number of aliphatic hydroxyl groups excluding tert-OH is 4. The third kappa shape index (κ3) is 37.9. The molecule has 0 aliphatic carbocycles. The zero-order chi connectivity index (χ0) is 48.7. The number of rotatable bonds is 46. The second-order valence-corrected chi connectivity index (χ2v) is 18.6. The van der Waals surface area contributed by atoms with Crippen LogP contribution in [0.3, 0.4) is 0 Å². The van der Waals surface area contributed by atoms with Crippen LogP contribution in [0.5, 0.6) is 0 Å². The molecule has 0 bridgehead atoms. The monoisotopic (exact) mass is 945 g/mol. The van der Waals surface area contributed by atoms with Gasteiger partial charge in [0.1, 0.15) is 31.0 Å². The molecule has 388 valence electrons.